The quantitative estimate of drug-likeness (QED) is 0.908. The summed E-state index contributed by atoms with van der Waals surface area (Å²) in [6.07, 6.45) is 1.22. The van der Waals surface area contributed by atoms with Crippen LogP contribution in [0.5, 0.6) is 11.5 Å². The highest BCUT2D eigenvalue weighted by atomic mass is 19.1. The summed E-state index contributed by atoms with van der Waals surface area (Å²) < 4.78 is 24.4. The zero-order chi connectivity index (χ0) is 13.8. The van der Waals surface area contributed by atoms with E-state index in [4.69, 9.17) is 9.47 Å². The second-order valence-electron chi connectivity index (χ2n) is 5.00. The molecule has 1 aliphatic rings. The first-order valence-electron chi connectivity index (χ1n) is 6.78. The third-order valence-electron chi connectivity index (χ3n) is 3.73. The van der Waals surface area contributed by atoms with Gasteiger partial charge in [-0.15, -0.1) is 0 Å². The second-order valence-corrected chi connectivity index (χ2v) is 5.00. The summed E-state index contributed by atoms with van der Waals surface area (Å²) in [5, 5.41) is 3.38. The fourth-order valence-corrected chi connectivity index (χ4v) is 2.67. The van der Waals surface area contributed by atoms with Crippen LogP contribution in [0.2, 0.25) is 0 Å². The van der Waals surface area contributed by atoms with Crippen molar-refractivity contribution in [3.8, 4) is 11.5 Å². The maximum Gasteiger partial charge on any atom is 0.164 e. The van der Waals surface area contributed by atoms with E-state index in [0.29, 0.717) is 17.2 Å². The van der Waals surface area contributed by atoms with Gasteiger partial charge in [-0.1, -0.05) is 0 Å². The van der Waals surface area contributed by atoms with E-state index < -0.39 is 6.17 Å². The summed E-state index contributed by atoms with van der Waals surface area (Å²) in [6, 6.07) is 3.65. The van der Waals surface area contributed by atoms with Crippen molar-refractivity contribution in [3.63, 3.8) is 0 Å². The van der Waals surface area contributed by atoms with E-state index in [1.165, 1.54) is 0 Å². The van der Waals surface area contributed by atoms with Crippen LogP contribution in [-0.4, -0.2) is 27.3 Å². The van der Waals surface area contributed by atoms with Crippen molar-refractivity contribution in [2.75, 3.05) is 27.3 Å². The summed E-state index contributed by atoms with van der Waals surface area (Å²) in [5.74, 6) is 1.71. The Morgan fingerprint density at radius 2 is 2.11 bits per heavy atom. The Kier molecular flexibility index (Phi) is 4.64. The van der Waals surface area contributed by atoms with Crippen LogP contribution in [0.15, 0.2) is 12.1 Å². The van der Waals surface area contributed by atoms with Gasteiger partial charge >= 0.3 is 0 Å². The molecule has 1 heterocycles. The number of rotatable bonds is 4. The van der Waals surface area contributed by atoms with Gasteiger partial charge in [0.1, 0.15) is 6.17 Å². The molecule has 1 aromatic rings. The molecule has 0 aromatic heterocycles. The van der Waals surface area contributed by atoms with Crippen molar-refractivity contribution in [2.45, 2.75) is 31.9 Å². The first-order chi connectivity index (χ1) is 9.17. The molecule has 3 nitrogen and oxygen atoms in total. The van der Waals surface area contributed by atoms with Crippen LogP contribution in [0.1, 0.15) is 43.0 Å². The molecular formula is C15H22FNO2. The molecule has 4 heteroatoms. The molecule has 1 fully saturated rings. The van der Waals surface area contributed by atoms with Crippen molar-refractivity contribution in [1.82, 2.24) is 5.32 Å². The number of halogens is 1. The van der Waals surface area contributed by atoms with E-state index in [2.05, 4.69) is 5.32 Å². The summed E-state index contributed by atoms with van der Waals surface area (Å²) in [5.41, 5.74) is 1.70. The largest absolute Gasteiger partial charge is 0.493 e. The molecule has 106 valence electrons. The fourth-order valence-electron chi connectivity index (χ4n) is 2.67. The van der Waals surface area contributed by atoms with Crippen molar-refractivity contribution in [2.24, 2.45) is 0 Å². The minimum atomic E-state index is -1.00. The highest BCUT2D eigenvalue weighted by molar-refractivity contribution is 5.51. The smallest absolute Gasteiger partial charge is 0.164 e. The van der Waals surface area contributed by atoms with E-state index in [0.717, 1.165) is 37.2 Å². The van der Waals surface area contributed by atoms with Gasteiger partial charge in [0.15, 0.2) is 11.5 Å². The van der Waals surface area contributed by atoms with Crippen LogP contribution in [-0.2, 0) is 0 Å². The zero-order valence-electron chi connectivity index (χ0n) is 11.8. The standard InChI is InChI=1S/C15H22FNO2/c1-10(16)12-7-13(11-5-4-6-17-9-11)15(19-3)14(8-12)18-2/h7-8,10-11,17H,4-6,9H2,1-3H3. The topological polar surface area (TPSA) is 30.5 Å². The Morgan fingerprint density at radius 1 is 1.32 bits per heavy atom. The van der Waals surface area contributed by atoms with E-state index in [1.807, 2.05) is 6.07 Å². The molecule has 0 aliphatic carbocycles. The molecule has 0 amide bonds. The lowest BCUT2D eigenvalue weighted by atomic mass is 9.89. The zero-order valence-corrected chi connectivity index (χ0v) is 11.8. The van der Waals surface area contributed by atoms with E-state index >= 15 is 0 Å². The Bertz CT molecular complexity index is 428. The molecule has 2 unspecified atom stereocenters. The first-order valence-corrected chi connectivity index (χ1v) is 6.78. The van der Waals surface area contributed by atoms with Gasteiger partial charge in [-0.2, -0.15) is 0 Å². The van der Waals surface area contributed by atoms with Crippen LogP contribution in [0, 0.1) is 0 Å². The maximum atomic E-state index is 13.6. The Labute approximate surface area is 114 Å². The number of methoxy groups -OCH3 is 2. The Hall–Kier alpha value is -1.29. The molecule has 1 aromatic carbocycles. The summed E-state index contributed by atoms with van der Waals surface area (Å²) >= 11 is 0. The molecule has 1 N–H and O–H groups in total. The molecule has 1 aliphatic heterocycles. The van der Waals surface area contributed by atoms with Gasteiger partial charge in [-0.05, 0) is 44.0 Å². The highest BCUT2D eigenvalue weighted by Gasteiger charge is 2.23. The van der Waals surface area contributed by atoms with Crippen molar-refractivity contribution in [1.29, 1.82) is 0 Å². The lowest BCUT2D eigenvalue weighted by Crippen LogP contribution is -2.28. The van der Waals surface area contributed by atoms with Crippen LogP contribution in [0.25, 0.3) is 0 Å². The lowest BCUT2D eigenvalue weighted by Gasteiger charge is -2.26. The first kappa shape index (κ1) is 14.1. The molecule has 2 atom stereocenters. The van der Waals surface area contributed by atoms with Crippen LogP contribution < -0.4 is 14.8 Å². The number of piperidine rings is 1. The molecule has 19 heavy (non-hydrogen) atoms. The van der Waals surface area contributed by atoms with Gasteiger partial charge in [0, 0.05) is 18.0 Å². The van der Waals surface area contributed by atoms with Crippen molar-refractivity contribution < 1.29 is 13.9 Å². The number of nitrogens with one attached hydrogen (secondary N) is 1. The van der Waals surface area contributed by atoms with Gasteiger partial charge in [-0.25, -0.2) is 4.39 Å². The monoisotopic (exact) mass is 267 g/mol. The number of alkyl halides is 1. The third kappa shape index (κ3) is 3.00. The number of ether oxygens (including phenoxy) is 2. The molecule has 0 spiro atoms. The third-order valence-corrected chi connectivity index (χ3v) is 3.73. The summed E-state index contributed by atoms with van der Waals surface area (Å²) in [4.78, 5) is 0. The van der Waals surface area contributed by atoms with E-state index in [-0.39, 0.29) is 0 Å². The molecule has 2 rings (SSSR count). The van der Waals surface area contributed by atoms with Crippen LogP contribution in [0.4, 0.5) is 4.39 Å². The van der Waals surface area contributed by atoms with E-state index in [1.54, 1.807) is 27.2 Å². The van der Waals surface area contributed by atoms with Crippen LogP contribution >= 0.6 is 0 Å². The van der Waals surface area contributed by atoms with Gasteiger partial charge in [-0.3, -0.25) is 0 Å². The minimum absolute atomic E-state index is 0.358. The molecule has 0 bridgehead atoms. The maximum absolute atomic E-state index is 13.6. The predicted molar refractivity (Wildman–Crippen MR) is 73.9 cm³/mol. The Morgan fingerprint density at radius 3 is 2.63 bits per heavy atom. The van der Waals surface area contributed by atoms with Crippen molar-refractivity contribution in [3.05, 3.63) is 23.3 Å². The average molecular weight is 267 g/mol. The van der Waals surface area contributed by atoms with Gasteiger partial charge in [0.05, 0.1) is 14.2 Å². The fraction of sp³-hybridized carbons (Fsp3) is 0.600. The van der Waals surface area contributed by atoms with Crippen LogP contribution in [0.3, 0.4) is 0 Å². The van der Waals surface area contributed by atoms with Crippen molar-refractivity contribution >= 4 is 0 Å². The van der Waals surface area contributed by atoms with Gasteiger partial charge in [0.2, 0.25) is 0 Å². The molecule has 0 saturated carbocycles. The number of benzene rings is 1. The molecule has 1 saturated heterocycles. The SMILES string of the molecule is COc1cc(C(C)F)cc(C2CCCNC2)c1OC. The minimum Gasteiger partial charge on any atom is -0.493 e. The highest BCUT2D eigenvalue weighted by Crippen LogP contribution is 2.40. The number of hydrogen-bond donors (Lipinski definition) is 1. The van der Waals surface area contributed by atoms with Gasteiger partial charge in [0.25, 0.3) is 0 Å². The average Bonchev–Trinajstić information content (AvgIpc) is 2.46. The predicted octanol–water partition coefficient (Wildman–Crippen LogP) is 3.20. The number of hydrogen-bond acceptors (Lipinski definition) is 3. The summed E-state index contributed by atoms with van der Waals surface area (Å²) in [7, 11) is 3.23. The van der Waals surface area contributed by atoms with E-state index in [9.17, 15) is 4.39 Å². The summed E-state index contributed by atoms with van der Waals surface area (Å²) in [6.45, 7) is 3.50. The van der Waals surface area contributed by atoms with Gasteiger partial charge < -0.3 is 14.8 Å². The lowest BCUT2D eigenvalue weighted by molar-refractivity contribution is 0.337. The second kappa shape index (κ2) is 6.24. The Balaban J connectivity index is 2.45. The molecular weight excluding hydrogens is 245 g/mol. The normalized spacial score (nSPS) is 20.9. The molecule has 0 radical (unpaired) electrons.